The third-order valence-corrected chi connectivity index (χ3v) is 2.71. The van der Waals surface area contributed by atoms with Gasteiger partial charge in [-0.2, -0.15) is 13.2 Å². The van der Waals surface area contributed by atoms with Crippen LogP contribution in [0.4, 0.5) is 13.2 Å². The number of nitrogens with two attached hydrogens (primary N) is 1. The highest BCUT2D eigenvalue weighted by molar-refractivity contribution is 5.85. The van der Waals surface area contributed by atoms with E-state index in [1.54, 1.807) is 0 Å². The maximum Gasteiger partial charge on any atom is 0.416 e. The molecule has 1 aromatic rings. The molecule has 0 bridgehead atoms. The van der Waals surface area contributed by atoms with E-state index in [1.807, 2.05) is 0 Å². The molecule has 1 unspecified atom stereocenters. The topological polar surface area (TPSA) is 52.3 Å². The van der Waals surface area contributed by atoms with Crippen LogP contribution in [0.3, 0.4) is 0 Å². The monoisotopic (exact) mass is 275 g/mol. The molecular weight excluding hydrogens is 259 g/mol. The molecule has 6 heteroatoms. The summed E-state index contributed by atoms with van der Waals surface area (Å²) in [5.41, 5.74) is 5.43. The van der Waals surface area contributed by atoms with Crippen LogP contribution in [0, 0.1) is 0 Å². The van der Waals surface area contributed by atoms with E-state index in [-0.39, 0.29) is 12.2 Å². The summed E-state index contributed by atoms with van der Waals surface area (Å²) in [4.78, 5) is 11.7. The van der Waals surface area contributed by atoms with Crippen molar-refractivity contribution in [3.8, 4) is 0 Å². The number of hydrogen-bond donors (Lipinski definition) is 1. The highest BCUT2D eigenvalue weighted by Crippen LogP contribution is 2.29. The van der Waals surface area contributed by atoms with Crippen molar-refractivity contribution in [3.63, 3.8) is 0 Å². The van der Waals surface area contributed by atoms with Gasteiger partial charge >= 0.3 is 6.18 Å². The molecule has 19 heavy (non-hydrogen) atoms. The van der Waals surface area contributed by atoms with Crippen molar-refractivity contribution in [2.24, 2.45) is 5.73 Å². The molecule has 0 fully saturated rings. The van der Waals surface area contributed by atoms with Gasteiger partial charge in [-0.15, -0.1) is 0 Å². The summed E-state index contributed by atoms with van der Waals surface area (Å²) >= 11 is 0. The number of ketones is 1. The van der Waals surface area contributed by atoms with Crippen molar-refractivity contribution in [3.05, 3.63) is 35.4 Å². The zero-order chi connectivity index (χ0) is 14.5. The highest BCUT2D eigenvalue weighted by Gasteiger charge is 2.30. The number of halogens is 3. The zero-order valence-corrected chi connectivity index (χ0v) is 10.5. The van der Waals surface area contributed by atoms with Crippen LogP contribution < -0.4 is 5.73 Å². The Kier molecular flexibility index (Phi) is 5.50. The summed E-state index contributed by atoms with van der Waals surface area (Å²) in [6.45, 7) is 0.375. The molecule has 0 aliphatic rings. The summed E-state index contributed by atoms with van der Waals surface area (Å²) in [7, 11) is 1.51. The Morgan fingerprint density at radius 3 is 2.37 bits per heavy atom. The first-order valence-electron chi connectivity index (χ1n) is 5.78. The number of alkyl halides is 3. The van der Waals surface area contributed by atoms with Crippen molar-refractivity contribution in [1.29, 1.82) is 0 Å². The molecule has 0 spiro atoms. The van der Waals surface area contributed by atoms with E-state index < -0.39 is 17.8 Å². The third kappa shape index (κ3) is 5.00. The van der Waals surface area contributed by atoms with Gasteiger partial charge < -0.3 is 10.5 Å². The lowest BCUT2D eigenvalue weighted by Crippen LogP contribution is -2.32. The normalized spacial score (nSPS) is 13.3. The van der Waals surface area contributed by atoms with Gasteiger partial charge in [0, 0.05) is 20.1 Å². The van der Waals surface area contributed by atoms with Crippen LogP contribution in [0.25, 0.3) is 0 Å². The standard InChI is InChI=1S/C13H16F3NO2/c1-19-7-6-11(17)12(18)8-9-2-4-10(5-3-9)13(14,15)16/h2-5,11H,6-8,17H2,1H3. The average Bonchev–Trinajstić information content (AvgIpc) is 2.35. The number of methoxy groups -OCH3 is 1. The Morgan fingerprint density at radius 2 is 1.89 bits per heavy atom. The molecular formula is C13H16F3NO2. The first kappa shape index (κ1) is 15.7. The minimum absolute atomic E-state index is 0.0308. The van der Waals surface area contributed by atoms with Gasteiger partial charge in [0.2, 0.25) is 0 Å². The summed E-state index contributed by atoms with van der Waals surface area (Å²) in [6.07, 6.45) is -3.93. The number of ether oxygens (including phenoxy) is 1. The summed E-state index contributed by atoms with van der Waals surface area (Å²) in [6, 6.07) is 3.86. The molecule has 0 aliphatic heterocycles. The molecule has 0 aliphatic carbocycles. The lowest BCUT2D eigenvalue weighted by atomic mass is 10.0. The van der Waals surface area contributed by atoms with Crippen molar-refractivity contribution in [2.75, 3.05) is 13.7 Å². The van der Waals surface area contributed by atoms with E-state index >= 15 is 0 Å². The van der Waals surface area contributed by atoms with Crippen molar-refractivity contribution in [1.82, 2.24) is 0 Å². The fraction of sp³-hybridized carbons (Fsp3) is 0.462. The van der Waals surface area contributed by atoms with Gasteiger partial charge in [0.25, 0.3) is 0 Å². The first-order chi connectivity index (χ1) is 8.84. The second-order valence-electron chi connectivity index (χ2n) is 4.23. The Balaban J connectivity index is 2.60. The van der Waals surface area contributed by atoms with Gasteiger partial charge in [-0.1, -0.05) is 12.1 Å². The Hall–Kier alpha value is -1.40. The Morgan fingerprint density at radius 1 is 1.32 bits per heavy atom. The molecule has 1 aromatic carbocycles. The molecule has 3 nitrogen and oxygen atoms in total. The number of rotatable bonds is 6. The fourth-order valence-corrected chi connectivity index (χ4v) is 1.55. The SMILES string of the molecule is COCCC(N)C(=O)Cc1ccc(C(F)(F)F)cc1. The van der Waals surface area contributed by atoms with E-state index in [9.17, 15) is 18.0 Å². The number of carbonyl (C=O) groups is 1. The molecule has 0 heterocycles. The molecule has 0 saturated heterocycles. The third-order valence-electron chi connectivity index (χ3n) is 2.71. The Bertz CT molecular complexity index is 415. The summed E-state index contributed by atoms with van der Waals surface area (Å²) in [5, 5.41) is 0. The van der Waals surface area contributed by atoms with Crippen LogP contribution >= 0.6 is 0 Å². The molecule has 0 radical (unpaired) electrons. The maximum atomic E-state index is 12.3. The van der Waals surface area contributed by atoms with Crippen LogP contribution in [-0.4, -0.2) is 25.5 Å². The summed E-state index contributed by atoms with van der Waals surface area (Å²) in [5.74, 6) is -0.211. The predicted molar refractivity (Wildman–Crippen MR) is 64.6 cm³/mol. The predicted octanol–water partition coefficient (Wildman–Crippen LogP) is 2.18. The van der Waals surface area contributed by atoms with Crippen LogP contribution in [-0.2, 0) is 22.1 Å². The van der Waals surface area contributed by atoms with Gasteiger partial charge in [-0.25, -0.2) is 0 Å². The highest BCUT2D eigenvalue weighted by atomic mass is 19.4. The fourth-order valence-electron chi connectivity index (χ4n) is 1.55. The lowest BCUT2D eigenvalue weighted by Gasteiger charge is -2.11. The van der Waals surface area contributed by atoms with E-state index in [0.717, 1.165) is 12.1 Å². The second-order valence-corrected chi connectivity index (χ2v) is 4.23. The average molecular weight is 275 g/mol. The van der Waals surface area contributed by atoms with Crippen LogP contribution in [0.2, 0.25) is 0 Å². The quantitative estimate of drug-likeness (QED) is 0.865. The largest absolute Gasteiger partial charge is 0.416 e. The summed E-state index contributed by atoms with van der Waals surface area (Å²) < 4.78 is 41.9. The van der Waals surface area contributed by atoms with Crippen LogP contribution in [0.15, 0.2) is 24.3 Å². The lowest BCUT2D eigenvalue weighted by molar-refractivity contribution is -0.137. The van der Waals surface area contributed by atoms with E-state index in [1.165, 1.54) is 19.2 Å². The van der Waals surface area contributed by atoms with Crippen molar-refractivity contribution < 1.29 is 22.7 Å². The van der Waals surface area contributed by atoms with E-state index in [0.29, 0.717) is 18.6 Å². The minimum atomic E-state index is -4.36. The van der Waals surface area contributed by atoms with E-state index in [4.69, 9.17) is 10.5 Å². The molecule has 0 saturated carbocycles. The van der Waals surface area contributed by atoms with Gasteiger partial charge in [0.1, 0.15) is 0 Å². The first-order valence-corrected chi connectivity index (χ1v) is 5.78. The van der Waals surface area contributed by atoms with Gasteiger partial charge in [0.05, 0.1) is 11.6 Å². The van der Waals surface area contributed by atoms with Crippen LogP contribution in [0.1, 0.15) is 17.5 Å². The van der Waals surface area contributed by atoms with Crippen molar-refractivity contribution >= 4 is 5.78 Å². The van der Waals surface area contributed by atoms with Gasteiger partial charge in [0.15, 0.2) is 5.78 Å². The molecule has 0 aromatic heterocycles. The smallest absolute Gasteiger partial charge is 0.385 e. The van der Waals surface area contributed by atoms with Crippen LogP contribution in [0.5, 0.6) is 0 Å². The number of carbonyl (C=O) groups excluding carboxylic acids is 1. The maximum absolute atomic E-state index is 12.3. The minimum Gasteiger partial charge on any atom is -0.385 e. The van der Waals surface area contributed by atoms with Crippen molar-refractivity contribution in [2.45, 2.75) is 25.1 Å². The molecule has 1 rings (SSSR count). The molecule has 1 atom stereocenters. The molecule has 0 amide bonds. The second kappa shape index (κ2) is 6.68. The number of Topliss-reactive ketones (excluding diaryl/α,β-unsaturated/α-hetero) is 1. The Labute approximate surface area is 109 Å². The number of hydrogen-bond acceptors (Lipinski definition) is 3. The van der Waals surface area contributed by atoms with Gasteiger partial charge in [-0.3, -0.25) is 4.79 Å². The molecule has 2 N–H and O–H groups in total. The van der Waals surface area contributed by atoms with E-state index in [2.05, 4.69) is 0 Å². The molecule has 106 valence electrons. The number of benzene rings is 1. The zero-order valence-electron chi connectivity index (χ0n) is 10.5. The van der Waals surface area contributed by atoms with Gasteiger partial charge in [-0.05, 0) is 24.1 Å².